The molecule has 0 aromatic rings. The van der Waals surface area contributed by atoms with Crippen LogP contribution in [0.25, 0.3) is 0 Å². The van der Waals surface area contributed by atoms with Crippen molar-refractivity contribution in [3.8, 4) is 0 Å². The largest absolute Gasteiger partial charge is 0.390 e. The number of aliphatic hydroxyl groups is 1. The van der Waals surface area contributed by atoms with E-state index in [0.29, 0.717) is 18.3 Å². The van der Waals surface area contributed by atoms with Gasteiger partial charge in [-0.25, -0.2) is 5.01 Å². The molecule has 2 N–H and O–H groups in total. The molecule has 1 saturated heterocycles. The molecule has 2 atom stereocenters. The van der Waals surface area contributed by atoms with Gasteiger partial charge in [-0.05, 0) is 63.2 Å². The Hall–Kier alpha value is -0.610. The third-order valence-corrected chi connectivity index (χ3v) is 6.13. The first-order chi connectivity index (χ1) is 9.57. The van der Waals surface area contributed by atoms with E-state index in [1.807, 2.05) is 0 Å². The minimum atomic E-state index is -0.538. The van der Waals surface area contributed by atoms with Gasteiger partial charge in [0.05, 0.1) is 11.0 Å². The number of rotatable bonds is 2. The second-order valence-electron chi connectivity index (χ2n) is 7.95. The molecule has 112 valence electrons. The van der Waals surface area contributed by atoms with Crippen LogP contribution in [-0.2, 0) is 4.79 Å². The predicted octanol–water partition coefficient (Wildman–Crippen LogP) is 1.83. The van der Waals surface area contributed by atoms with E-state index in [-0.39, 0.29) is 11.3 Å². The number of hydrogen-bond donors (Lipinski definition) is 2. The Kier molecular flexibility index (Phi) is 2.90. The second-order valence-corrected chi connectivity index (χ2v) is 7.95. The summed E-state index contributed by atoms with van der Waals surface area (Å²) in [6.45, 7) is 1.97. The fraction of sp³-hybridized carbons (Fsp3) is 0.938. The second kappa shape index (κ2) is 4.44. The van der Waals surface area contributed by atoms with E-state index in [0.717, 1.165) is 38.8 Å². The Bertz CT molecular complexity index is 403. The van der Waals surface area contributed by atoms with Crippen molar-refractivity contribution >= 4 is 5.91 Å². The molecule has 0 radical (unpaired) electrons. The zero-order valence-corrected chi connectivity index (χ0v) is 12.2. The number of piperidine rings is 1. The van der Waals surface area contributed by atoms with Crippen molar-refractivity contribution < 1.29 is 9.90 Å². The van der Waals surface area contributed by atoms with E-state index in [1.54, 1.807) is 0 Å². The summed E-state index contributed by atoms with van der Waals surface area (Å²) in [5.74, 6) is 1.36. The van der Waals surface area contributed by atoms with E-state index < -0.39 is 5.60 Å². The predicted molar refractivity (Wildman–Crippen MR) is 75.6 cm³/mol. The van der Waals surface area contributed by atoms with Crippen molar-refractivity contribution in [1.29, 1.82) is 0 Å². The molecular weight excluding hydrogens is 252 g/mol. The number of carbonyl (C=O) groups is 1. The minimum absolute atomic E-state index is 0.201. The zero-order valence-electron chi connectivity index (χ0n) is 12.2. The molecule has 4 aliphatic carbocycles. The van der Waals surface area contributed by atoms with Gasteiger partial charge in [-0.2, -0.15) is 0 Å². The molecule has 0 aromatic carbocycles. The van der Waals surface area contributed by atoms with Crippen molar-refractivity contribution in [3.05, 3.63) is 0 Å². The lowest BCUT2D eigenvalue weighted by Crippen LogP contribution is -2.62. The van der Waals surface area contributed by atoms with Crippen LogP contribution in [0.1, 0.15) is 57.8 Å². The summed E-state index contributed by atoms with van der Waals surface area (Å²) in [4.78, 5) is 12.8. The number of amides is 1. The van der Waals surface area contributed by atoms with Crippen LogP contribution in [0, 0.1) is 17.3 Å². The molecular formula is C16H26N2O2. The highest BCUT2D eigenvalue weighted by Crippen LogP contribution is 2.61. The van der Waals surface area contributed by atoms with Crippen LogP contribution < -0.4 is 5.43 Å². The van der Waals surface area contributed by atoms with Gasteiger partial charge in [-0.3, -0.25) is 10.2 Å². The van der Waals surface area contributed by atoms with Crippen molar-refractivity contribution in [2.45, 2.75) is 63.4 Å². The molecule has 4 bridgehead atoms. The summed E-state index contributed by atoms with van der Waals surface area (Å²) in [6, 6.07) is 0. The minimum Gasteiger partial charge on any atom is -0.390 e. The first-order valence-electron chi connectivity index (χ1n) is 8.35. The Morgan fingerprint density at radius 2 is 1.70 bits per heavy atom. The summed E-state index contributed by atoms with van der Waals surface area (Å²) in [5.41, 5.74) is 2.37. The monoisotopic (exact) mass is 278 g/mol. The molecule has 1 aliphatic heterocycles. The molecule has 0 spiro atoms. The molecule has 0 aromatic heterocycles. The summed E-state index contributed by atoms with van der Waals surface area (Å²) < 4.78 is 0. The van der Waals surface area contributed by atoms with E-state index in [1.165, 1.54) is 25.7 Å². The molecule has 4 nitrogen and oxygen atoms in total. The van der Waals surface area contributed by atoms with Gasteiger partial charge in [0.1, 0.15) is 0 Å². The molecule has 5 rings (SSSR count). The number of hydrazine groups is 1. The Balaban J connectivity index is 1.50. The first kappa shape index (κ1) is 13.1. The Morgan fingerprint density at radius 3 is 2.30 bits per heavy atom. The highest BCUT2D eigenvalue weighted by molar-refractivity contribution is 5.83. The van der Waals surface area contributed by atoms with Gasteiger partial charge in [0.15, 0.2) is 0 Å². The highest BCUT2D eigenvalue weighted by atomic mass is 16.3. The molecule has 0 unspecified atom stereocenters. The summed E-state index contributed by atoms with van der Waals surface area (Å²) in [5, 5.41) is 12.8. The fourth-order valence-electron chi connectivity index (χ4n) is 5.75. The lowest BCUT2D eigenvalue weighted by molar-refractivity contribution is -0.181. The third kappa shape index (κ3) is 2.08. The lowest BCUT2D eigenvalue weighted by atomic mass is 9.47. The maximum atomic E-state index is 12.8. The van der Waals surface area contributed by atoms with Crippen LogP contribution in [0.3, 0.4) is 0 Å². The standard InChI is InChI=1S/C16H26N2O2/c19-14(17-18-4-2-1-3-5-18)15-7-12-6-13(8-15)10-16(20,9-12)11-15/h12-13,20H,1-11H2,(H,17,19)/t12-,13-,15?,16?/m0/s1. The topological polar surface area (TPSA) is 52.6 Å². The van der Waals surface area contributed by atoms with E-state index in [9.17, 15) is 9.90 Å². The maximum absolute atomic E-state index is 12.8. The summed E-state index contributed by atoms with van der Waals surface area (Å²) in [7, 11) is 0. The average molecular weight is 278 g/mol. The van der Waals surface area contributed by atoms with Gasteiger partial charge in [-0.1, -0.05) is 6.42 Å². The van der Waals surface area contributed by atoms with Crippen molar-refractivity contribution in [1.82, 2.24) is 10.4 Å². The van der Waals surface area contributed by atoms with Crippen LogP contribution >= 0.6 is 0 Å². The Labute approximate surface area is 120 Å². The molecule has 5 aliphatic rings. The normalized spacial score (nSPS) is 47.5. The molecule has 4 heteroatoms. The van der Waals surface area contributed by atoms with E-state index in [2.05, 4.69) is 10.4 Å². The third-order valence-electron chi connectivity index (χ3n) is 6.13. The van der Waals surface area contributed by atoms with E-state index in [4.69, 9.17) is 0 Å². The first-order valence-corrected chi connectivity index (χ1v) is 8.35. The number of nitrogens with one attached hydrogen (secondary N) is 1. The Morgan fingerprint density at radius 1 is 1.05 bits per heavy atom. The van der Waals surface area contributed by atoms with Crippen LogP contribution in [0.4, 0.5) is 0 Å². The SMILES string of the molecule is O=C(NN1CCCCC1)C12C[C@@H]3C[C@H](CC(O)(C3)C1)C2. The van der Waals surface area contributed by atoms with Crippen LogP contribution in [0.5, 0.6) is 0 Å². The summed E-state index contributed by atoms with van der Waals surface area (Å²) >= 11 is 0. The van der Waals surface area contributed by atoms with Gasteiger partial charge < -0.3 is 5.11 Å². The van der Waals surface area contributed by atoms with Crippen molar-refractivity contribution in [3.63, 3.8) is 0 Å². The molecule has 1 heterocycles. The maximum Gasteiger partial charge on any atom is 0.240 e. The van der Waals surface area contributed by atoms with Crippen LogP contribution in [0.15, 0.2) is 0 Å². The highest BCUT2D eigenvalue weighted by Gasteiger charge is 2.60. The van der Waals surface area contributed by atoms with Crippen LogP contribution in [-0.4, -0.2) is 34.7 Å². The molecule has 4 saturated carbocycles. The quantitative estimate of drug-likeness (QED) is 0.810. The lowest BCUT2D eigenvalue weighted by Gasteiger charge is -2.59. The van der Waals surface area contributed by atoms with Gasteiger partial charge in [0, 0.05) is 13.1 Å². The molecule has 20 heavy (non-hydrogen) atoms. The number of nitrogens with zero attached hydrogens (tertiary/aromatic N) is 1. The van der Waals surface area contributed by atoms with Crippen LogP contribution in [0.2, 0.25) is 0 Å². The summed E-state index contributed by atoms with van der Waals surface area (Å²) in [6.07, 6.45) is 9.46. The molecule has 1 amide bonds. The van der Waals surface area contributed by atoms with E-state index >= 15 is 0 Å². The van der Waals surface area contributed by atoms with Gasteiger partial charge in [0.25, 0.3) is 0 Å². The molecule has 5 fully saturated rings. The smallest absolute Gasteiger partial charge is 0.240 e. The van der Waals surface area contributed by atoms with Crippen molar-refractivity contribution in [2.75, 3.05) is 13.1 Å². The average Bonchev–Trinajstić information content (AvgIpc) is 2.37. The fourth-order valence-corrected chi connectivity index (χ4v) is 5.75. The van der Waals surface area contributed by atoms with Crippen molar-refractivity contribution in [2.24, 2.45) is 17.3 Å². The van der Waals surface area contributed by atoms with Gasteiger partial charge in [-0.15, -0.1) is 0 Å². The zero-order chi connectivity index (χ0) is 13.8. The van der Waals surface area contributed by atoms with Gasteiger partial charge in [0.2, 0.25) is 5.91 Å². The number of hydrogen-bond acceptors (Lipinski definition) is 3. The number of carbonyl (C=O) groups excluding carboxylic acids is 1. The van der Waals surface area contributed by atoms with Gasteiger partial charge >= 0.3 is 0 Å².